The highest BCUT2D eigenvalue weighted by atomic mass is 35.5. The fourth-order valence-corrected chi connectivity index (χ4v) is 3.03. The summed E-state index contributed by atoms with van der Waals surface area (Å²) in [5.41, 5.74) is 2.48. The van der Waals surface area contributed by atoms with Crippen molar-refractivity contribution in [3.63, 3.8) is 0 Å². The maximum atomic E-state index is 12.0. The SMILES string of the molecule is Cc1c(C)c2cc(Cl)c3c(c2oc1=O)CN(CCCO)CO3. The zero-order chi connectivity index (χ0) is 15.9. The van der Waals surface area contributed by atoms with Crippen LogP contribution in [0.3, 0.4) is 0 Å². The molecule has 0 amide bonds. The second kappa shape index (κ2) is 5.91. The van der Waals surface area contributed by atoms with E-state index in [1.807, 2.05) is 11.8 Å². The van der Waals surface area contributed by atoms with Crippen LogP contribution in [0.15, 0.2) is 15.3 Å². The molecule has 2 heterocycles. The summed E-state index contributed by atoms with van der Waals surface area (Å²) in [6.07, 6.45) is 0.666. The maximum absolute atomic E-state index is 12.0. The molecule has 1 aliphatic rings. The highest BCUT2D eigenvalue weighted by Crippen LogP contribution is 2.39. The highest BCUT2D eigenvalue weighted by Gasteiger charge is 2.25. The van der Waals surface area contributed by atoms with E-state index in [-0.39, 0.29) is 12.2 Å². The smallest absolute Gasteiger partial charge is 0.339 e. The predicted molar refractivity (Wildman–Crippen MR) is 84.6 cm³/mol. The van der Waals surface area contributed by atoms with Gasteiger partial charge in [-0.2, -0.15) is 0 Å². The molecule has 118 valence electrons. The first-order valence-electron chi connectivity index (χ1n) is 7.24. The number of halogens is 1. The van der Waals surface area contributed by atoms with Gasteiger partial charge in [-0.15, -0.1) is 0 Å². The standard InChI is InChI=1S/C16H18ClNO4/c1-9-10(2)16(20)22-14-11(9)6-13(17)15-12(14)7-18(8-21-15)4-3-5-19/h6,19H,3-5,7-8H2,1-2H3. The van der Waals surface area contributed by atoms with Crippen molar-refractivity contribution in [1.29, 1.82) is 0 Å². The van der Waals surface area contributed by atoms with Crippen molar-refractivity contribution in [2.24, 2.45) is 0 Å². The molecule has 0 atom stereocenters. The van der Waals surface area contributed by atoms with Crippen molar-refractivity contribution < 1.29 is 14.3 Å². The van der Waals surface area contributed by atoms with E-state index in [9.17, 15) is 4.79 Å². The van der Waals surface area contributed by atoms with Gasteiger partial charge in [0.2, 0.25) is 0 Å². The molecular formula is C16H18ClNO4. The van der Waals surface area contributed by atoms with Crippen molar-refractivity contribution in [2.45, 2.75) is 26.8 Å². The minimum atomic E-state index is -0.331. The summed E-state index contributed by atoms with van der Waals surface area (Å²) in [7, 11) is 0. The first-order chi connectivity index (χ1) is 10.5. The Hall–Kier alpha value is -1.56. The minimum absolute atomic E-state index is 0.132. The monoisotopic (exact) mass is 323 g/mol. The van der Waals surface area contributed by atoms with Gasteiger partial charge in [-0.3, -0.25) is 4.90 Å². The van der Waals surface area contributed by atoms with E-state index < -0.39 is 0 Å². The van der Waals surface area contributed by atoms with E-state index in [0.717, 1.165) is 16.5 Å². The molecule has 0 unspecified atom stereocenters. The molecule has 0 aliphatic carbocycles. The third-order valence-corrected chi connectivity index (χ3v) is 4.43. The van der Waals surface area contributed by atoms with Crippen LogP contribution in [-0.4, -0.2) is 29.9 Å². The van der Waals surface area contributed by atoms with Gasteiger partial charge in [-0.25, -0.2) is 4.79 Å². The van der Waals surface area contributed by atoms with E-state index in [1.54, 1.807) is 13.0 Å². The summed E-state index contributed by atoms with van der Waals surface area (Å²) in [6, 6.07) is 1.80. The van der Waals surface area contributed by atoms with Gasteiger partial charge in [0.15, 0.2) is 0 Å². The fourth-order valence-electron chi connectivity index (χ4n) is 2.75. The number of rotatable bonds is 3. The van der Waals surface area contributed by atoms with Gasteiger partial charge in [0.05, 0.1) is 10.6 Å². The number of aliphatic hydroxyl groups is 1. The van der Waals surface area contributed by atoms with E-state index in [2.05, 4.69) is 0 Å². The average molecular weight is 324 g/mol. The van der Waals surface area contributed by atoms with Crippen molar-refractivity contribution in [1.82, 2.24) is 4.90 Å². The molecule has 1 N–H and O–H groups in total. The largest absolute Gasteiger partial charge is 0.476 e. The van der Waals surface area contributed by atoms with Gasteiger partial charge < -0.3 is 14.3 Å². The van der Waals surface area contributed by atoms with Gasteiger partial charge in [-0.1, -0.05) is 11.6 Å². The molecule has 2 aromatic rings. The van der Waals surface area contributed by atoms with Crippen LogP contribution in [0.5, 0.6) is 5.75 Å². The lowest BCUT2D eigenvalue weighted by Crippen LogP contribution is -2.33. The number of aryl methyl sites for hydroxylation is 1. The fraction of sp³-hybridized carbons (Fsp3) is 0.438. The Morgan fingerprint density at radius 1 is 1.36 bits per heavy atom. The number of ether oxygens (including phenoxy) is 1. The molecule has 0 bridgehead atoms. The molecule has 1 aromatic carbocycles. The van der Waals surface area contributed by atoms with E-state index in [1.165, 1.54) is 0 Å². The summed E-state index contributed by atoms with van der Waals surface area (Å²) in [4.78, 5) is 14.0. The lowest BCUT2D eigenvalue weighted by molar-refractivity contribution is 0.0887. The van der Waals surface area contributed by atoms with Gasteiger partial charge in [0.1, 0.15) is 18.1 Å². The quantitative estimate of drug-likeness (QED) is 0.880. The normalized spacial score (nSPS) is 14.9. The van der Waals surface area contributed by atoms with Crippen LogP contribution in [0, 0.1) is 13.8 Å². The van der Waals surface area contributed by atoms with Crippen LogP contribution in [0.2, 0.25) is 5.02 Å². The summed E-state index contributed by atoms with van der Waals surface area (Å²) < 4.78 is 11.2. The van der Waals surface area contributed by atoms with Gasteiger partial charge in [0.25, 0.3) is 0 Å². The number of hydrogen-bond acceptors (Lipinski definition) is 5. The molecule has 0 saturated heterocycles. The second-order valence-electron chi connectivity index (χ2n) is 5.59. The summed E-state index contributed by atoms with van der Waals surface area (Å²) in [5.74, 6) is 0.584. The van der Waals surface area contributed by atoms with Gasteiger partial charge >= 0.3 is 5.63 Å². The molecule has 0 fully saturated rings. The number of fused-ring (bicyclic) bond motifs is 3. The van der Waals surface area contributed by atoms with Crippen molar-refractivity contribution in [3.8, 4) is 5.75 Å². The van der Waals surface area contributed by atoms with Gasteiger partial charge in [0, 0.05) is 30.6 Å². The molecule has 0 radical (unpaired) electrons. The molecular weight excluding hydrogens is 306 g/mol. The number of benzene rings is 1. The zero-order valence-corrected chi connectivity index (χ0v) is 13.4. The van der Waals surface area contributed by atoms with Crippen LogP contribution in [0.25, 0.3) is 11.0 Å². The Bertz CT molecular complexity index is 784. The van der Waals surface area contributed by atoms with Crippen LogP contribution >= 0.6 is 11.6 Å². The minimum Gasteiger partial charge on any atom is -0.476 e. The van der Waals surface area contributed by atoms with Crippen molar-refractivity contribution in [3.05, 3.63) is 38.2 Å². The molecule has 22 heavy (non-hydrogen) atoms. The Morgan fingerprint density at radius 2 is 2.14 bits per heavy atom. The van der Waals surface area contributed by atoms with E-state index in [4.69, 9.17) is 25.9 Å². The Labute approximate surface area is 133 Å². The van der Waals surface area contributed by atoms with Crippen LogP contribution < -0.4 is 10.4 Å². The van der Waals surface area contributed by atoms with Crippen LogP contribution in [0.1, 0.15) is 23.1 Å². The average Bonchev–Trinajstić information content (AvgIpc) is 2.52. The molecule has 1 aromatic heterocycles. The Kier molecular flexibility index (Phi) is 4.12. The summed E-state index contributed by atoms with van der Waals surface area (Å²) in [5, 5.41) is 10.3. The van der Waals surface area contributed by atoms with Gasteiger partial charge in [-0.05, 0) is 31.9 Å². The lowest BCUT2D eigenvalue weighted by atomic mass is 10.0. The first-order valence-corrected chi connectivity index (χ1v) is 7.62. The lowest BCUT2D eigenvalue weighted by Gasteiger charge is -2.29. The molecule has 1 aliphatic heterocycles. The molecule has 3 rings (SSSR count). The highest BCUT2D eigenvalue weighted by molar-refractivity contribution is 6.33. The van der Waals surface area contributed by atoms with Crippen LogP contribution in [0.4, 0.5) is 0 Å². The van der Waals surface area contributed by atoms with Crippen molar-refractivity contribution >= 4 is 22.6 Å². The second-order valence-corrected chi connectivity index (χ2v) is 5.99. The third-order valence-electron chi connectivity index (χ3n) is 4.15. The molecule has 6 heteroatoms. The topological polar surface area (TPSA) is 62.9 Å². The zero-order valence-electron chi connectivity index (χ0n) is 12.6. The Morgan fingerprint density at radius 3 is 2.86 bits per heavy atom. The number of aliphatic hydroxyl groups excluding tert-OH is 1. The number of nitrogens with zero attached hydrogens (tertiary/aromatic N) is 1. The van der Waals surface area contributed by atoms with Crippen molar-refractivity contribution in [2.75, 3.05) is 19.9 Å². The van der Waals surface area contributed by atoms with Crippen LogP contribution in [-0.2, 0) is 6.54 Å². The Balaban J connectivity index is 2.16. The first kappa shape index (κ1) is 15.3. The maximum Gasteiger partial charge on any atom is 0.339 e. The molecule has 0 spiro atoms. The van der Waals surface area contributed by atoms with E-state index in [0.29, 0.717) is 48.2 Å². The number of hydrogen-bond donors (Lipinski definition) is 1. The summed E-state index contributed by atoms with van der Waals surface area (Å²) >= 11 is 6.33. The molecule has 5 nitrogen and oxygen atoms in total. The predicted octanol–water partition coefficient (Wildman–Crippen LogP) is 2.60. The van der Waals surface area contributed by atoms with E-state index >= 15 is 0 Å². The molecule has 0 saturated carbocycles. The summed E-state index contributed by atoms with van der Waals surface area (Å²) in [6.45, 7) is 5.47. The third kappa shape index (κ3) is 2.49.